The van der Waals surface area contributed by atoms with E-state index in [4.69, 9.17) is 22.9 Å². The molecule has 0 saturated carbocycles. The monoisotopic (exact) mass is 438 g/mol. The fourth-order valence-electron chi connectivity index (χ4n) is 3.50. The molecule has 0 spiro atoms. The molecule has 0 unspecified atom stereocenters. The van der Waals surface area contributed by atoms with E-state index in [1.165, 1.54) is 0 Å². The van der Waals surface area contributed by atoms with Crippen LogP contribution in [0.2, 0.25) is 0 Å². The smallest absolute Gasteiger partial charge is 0.294 e. The minimum absolute atomic E-state index is 0. The van der Waals surface area contributed by atoms with Gasteiger partial charge in [-0.3, -0.25) is 14.3 Å². The van der Waals surface area contributed by atoms with Crippen LogP contribution in [-0.4, -0.2) is 50.7 Å². The summed E-state index contributed by atoms with van der Waals surface area (Å²) in [5.74, 6) is 2.24. The molecule has 1 aliphatic rings. The van der Waals surface area contributed by atoms with Crippen molar-refractivity contribution in [1.82, 2.24) is 24.4 Å². The van der Waals surface area contributed by atoms with E-state index in [0.29, 0.717) is 12.5 Å². The Labute approximate surface area is 187 Å². The van der Waals surface area contributed by atoms with Crippen LogP contribution < -0.4 is 0 Å². The minimum Gasteiger partial charge on any atom is -0.379 e. The first kappa shape index (κ1) is 22.8. The van der Waals surface area contributed by atoms with Gasteiger partial charge in [0.2, 0.25) is 0 Å². The Morgan fingerprint density at radius 1 is 1.03 bits per heavy atom. The highest BCUT2D eigenvalue weighted by Crippen LogP contribution is 2.18. The molecule has 31 heavy (non-hydrogen) atoms. The van der Waals surface area contributed by atoms with E-state index in [9.17, 15) is 0 Å². The number of morpholine rings is 1. The van der Waals surface area contributed by atoms with Crippen LogP contribution in [0, 0.1) is 6.57 Å². The molecule has 1 saturated heterocycles. The van der Waals surface area contributed by atoms with Crippen molar-refractivity contribution in [3.05, 3.63) is 71.6 Å². The van der Waals surface area contributed by atoms with Gasteiger partial charge in [-0.05, 0) is 24.3 Å². The molecule has 0 atom stereocenters. The van der Waals surface area contributed by atoms with Crippen molar-refractivity contribution in [2.24, 2.45) is 0 Å². The van der Waals surface area contributed by atoms with Crippen LogP contribution in [0.25, 0.3) is 26.9 Å². The molecule has 7 nitrogen and oxygen atoms in total. The number of hydrogen-bond donors (Lipinski definition) is 1. The van der Waals surface area contributed by atoms with Gasteiger partial charge in [-0.1, -0.05) is 31.7 Å². The summed E-state index contributed by atoms with van der Waals surface area (Å²) >= 11 is 5.60. The maximum Gasteiger partial charge on any atom is 0.294 e. The molecule has 0 bridgehead atoms. The van der Waals surface area contributed by atoms with Gasteiger partial charge in [0.1, 0.15) is 11.6 Å². The van der Waals surface area contributed by atoms with Gasteiger partial charge < -0.3 is 9.72 Å². The third-order valence-corrected chi connectivity index (χ3v) is 5.23. The van der Waals surface area contributed by atoms with E-state index < -0.39 is 0 Å². The average Bonchev–Trinajstić information content (AvgIpc) is 3.36. The van der Waals surface area contributed by atoms with Gasteiger partial charge in [-0.15, -0.1) is 11.6 Å². The van der Waals surface area contributed by atoms with Crippen molar-refractivity contribution < 1.29 is 4.74 Å². The topological polar surface area (TPSA) is 63.3 Å². The van der Waals surface area contributed by atoms with Gasteiger partial charge in [-0.25, -0.2) is 16.5 Å². The summed E-state index contributed by atoms with van der Waals surface area (Å²) in [7, 11) is 0. The lowest BCUT2D eigenvalue weighted by atomic mass is 10.3. The molecule has 4 aromatic rings. The van der Waals surface area contributed by atoms with Crippen molar-refractivity contribution in [3.8, 4) is 0 Å². The van der Waals surface area contributed by atoms with Crippen LogP contribution in [0.1, 0.15) is 19.1 Å². The fraction of sp³-hybridized carbons (Fsp3) is 0.348. The van der Waals surface area contributed by atoms with E-state index in [1.54, 1.807) is 0 Å². The first-order valence-electron chi connectivity index (χ1n) is 9.85. The number of halogens is 1. The Hall–Kier alpha value is -2.92. The number of fused-ring (bicyclic) bond motifs is 2. The van der Waals surface area contributed by atoms with E-state index in [0.717, 1.165) is 66.6 Å². The highest BCUT2D eigenvalue weighted by atomic mass is 35.5. The third-order valence-electron chi connectivity index (χ3n) is 4.98. The number of ether oxygens (including phenoxy) is 1. The predicted molar refractivity (Wildman–Crippen MR) is 125 cm³/mol. The number of aromatic nitrogens is 4. The lowest BCUT2D eigenvalue weighted by Crippen LogP contribution is -2.36. The van der Waals surface area contributed by atoms with Crippen LogP contribution in [0.5, 0.6) is 0 Å². The zero-order chi connectivity index (χ0) is 20.8. The SMILES string of the molecule is C.ClCc1nc2ccccc2[nH]1.[C-]#[N+]Cn1c(CN2CCOCC2)nc2ccccc21. The molecular weight excluding hydrogens is 412 g/mol. The molecule has 5 rings (SSSR count). The van der Waals surface area contributed by atoms with Crippen molar-refractivity contribution in [3.63, 3.8) is 0 Å². The highest BCUT2D eigenvalue weighted by Gasteiger charge is 2.17. The first-order chi connectivity index (χ1) is 14.8. The number of benzene rings is 2. The number of rotatable bonds is 4. The van der Waals surface area contributed by atoms with Gasteiger partial charge in [-0.2, -0.15) is 0 Å². The van der Waals surface area contributed by atoms with E-state index in [1.807, 2.05) is 53.1 Å². The maximum atomic E-state index is 7.11. The summed E-state index contributed by atoms with van der Waals surface area (Å²) in [6.45, 7) is 11.7. The molecule has 8 heteroatoms. The highest BCUT2D eigenvalue weighted by molar-refractivity contribution is 6.16. The number of hydrogen-bond acceptors (Lipinski definition) is 4. The normalized spacial score (nSPS) is 13.9. The number of aromatic amines is 1. The maximum absolute atomic E-state index is 7.11. The van der Waals surface area contributed by atoms with Crippen molar-refractivity contribution in [1.29, 1.82) is 0 Å². The van der Waals surface area contributed by atoms with Crippen LogP contribution in [0.4, 0.5) is 0 Å². The lowest BCUT2D eigenvalue weighted by Gasteiger charge is -2.25. The lowest BCUT2D eigenvalue weighted by molar-refractivity contribution is 0.0327. The Bertz CT molecular complexity index is 1120. The number of nitrogens with one attached hydrogen (secondary N) is 1. The summed E-state index contributed by atoms with van der Waals surface area (Å²) in [4.78, 5) is 17.8. The molecule has 0 aliphatic carbocycles. The molecule has 2 aromatic heterocycles. The van der Waals surface area contributed by atoms with E-state index in [2.05, 4.69) is 24.7 Å². The summed E-state index contributed by atoms with van der Waals surface area (Å²) in [6.07, 6.45) is 0. The summed E-state index contributed by atoms with van der Waals surface area (Å²) in [6, 6.07) is 15.9. The van der Waals surface area contributed by atoms with Crippen LogP contribution in [-0.2, 0) is 23.8 Å². The number of nitrogens with zero attached hydrogens (tertiary/aromatic N) is 5. The summed E-state index contributed by atoms with van der Waals surface area (Å²) < 4.78 is 7.37. The predicted octanol–water partition coefficient (Wildman–Crippen LogP) is 4.68. The van der Waals surface area contributed by atoms with Gasteiger partial charge in [0.15, 0.2) is 0 Å². The van der Waals surface area contributed by atoms with Crippen molar-refractivity contribution in [2.75, 3.05) is 26.3 Å². The number of alkyl halides is 1. The average molecular weight is 439 g/mol. The van der Waals surface area contributed by atoms with E-state index >= 15 is 0 Å². The Balaban J connectivity index is 0.000000194. The second kappa shape index (κ2) is 10.9. The number of H-pyrrole nitrogens is 1. The zero-order valence-electron chi connectivity index (χ0n) is 16.6. The molecule has 0 amide bonds. The van der Waals surface area contributed by atoms with Crippen LogP contribution >= 0.6 is 11.6 Å². The second-order valence-electron chi connectivity index (χ2n) is 6.97. The second-order valence-corrected chi connectivity index (χ2v) is 7.23. The molecule has 1 N–H and O–H groups in total. The Morgan fingerprint density at radius 2 is 1.74 bits per heavy atom. The van der Waals surface area contributed by atoms with Gasteiger partial charge >= 0.3 is 0 Å². The van der Waals surface area contributed by atoms with E-state index in [-0.39, 0.29) is 7.43 Å². The van der Waals surface area contributed by atoms with Gasteiger partial charge in [0.05, 0.1) is 47.7 Å². The molecule has 2 aromatic carbocycles. The van der Waals surface area contributed by atoms with Gasteiger partial charge in [0, 0.05) is 13.1 Å². The van der Waals surface area contributed by atoms with Gasteiger partial charge in [0.25, 0.3) is 6.67 Å². The molecule has 3 heterocycles. The Kier molecular flexibility index (Phi) is 8.01. The Morgan fingerprint density at radius 3 is 2.45 bits per heavy atom. The molecule has 1 aliphatic heterocycles. The molecular formula is C23H27ClN6O. The largest absolute Gasteiger partial charge is 0.379 e. The van der Waals surface area contributed by atoms with Crippen LogP contribution in [0.15, 0.2) is 48.5 Å². The summed E-state index contributed by atoms with van der Waals surface area (Å²) in [5.41, 5.74) is 4.03. The van der Waals surface area contributed by atoms with Crippen molar-refractivity contribution >= 4 is 33.7 Å². The summed E-state index contributed by atoms with van der Waals surface area (Å²) in [5, 5.41) is 0. The minimum atomic E-state index is 0. The quantitative estimate of drug-likeness (QED) is 0.371. The molecule has 1 fully saturated rings. The third kappa shape index (κ3) is 5.42. The standard InChI is InChI=1S/C14H16N4O.C8H7ClN2.CH4/c1-15-11-18-13-5-3-2-4-12(13)16-14(18)10-17-6-8-19-9-7-17;9-5-8-10-6-3-1-2-4-7(6)11-8;/h2-5H,6-11H2;1-4H,5H2,(H,10,11);1H4. The van der Waals surface area contributed by atoms with Crippen LogP contribution in [0.3, 0.4) is 0 Å². The number of para-hydroxylation sites is 4. The van der Waals surface area contributed by atoms with Crippen molar-refractivity contribution in [2.45, 2.75) is 26.5 Å². The zero-order valence-corrected chi connectivity index (χ0v) is 17.3. The fourth-order valence-corrected chi connectivity index (χ4v) is 3.63. The number of imidazole rings is 2. The first-order valence-corrected chi connectivity index (χ1v) is 10.4. The molecule has 162 valence electrons. The molecule has 0 radical (unpaired) electrons.